The molecule has 30 heavy (non-hydrogen) atoms. The number of benzene rings is 1. The number of hydrogen-bond acceptors (Lipinski definition) is 4. The van der Waals surface area contributed by atoms with Gasteiger partial charge in [-0.3, -0.25) is 9.78 Å². The number of halogens is 1. The van der Waals surface area contributed by atoms with Crippen molar-refractivity contribution in [2.45, 2.75) is 39.5 Å². The van der Waals surface area contributed by atoms with E-state index in [-0.39, 0.29) is 12.0 Å². The van der Waals surface area contributed by atoms with Crippen LogP contribution in [0.2, 0.25) is 5.02 Å². The van der Waals surface area contributed by atoms with Gasteiger partial charge in [0, 0.05) is 42.8 Å². The van der Waals surface area contributed by atoms with Crippen LogP contribution in [0, 0.1) is 5.92 Å². The molecule has 1 aliphatic heterocycles. The molecule has 0 atom stereocenters. The number of rotatable bonds is 3. The molecule has 1 aromatic carbocycles. The van der Waals surface area contributed by atoms with Crippen LogP contribution in [0.15, 0.2) is 18.2 Å². The summed E-state index contributed by atoms with van der Waals surface area (Å²) in [6.45, 7) is 6.37. The van der Waals surface area contributed by atoms with Crippen molar-refractivity contribution >= 4 is 34.5 Å². The van der Waals surface area contributed by atoms with E-state index >= 15 is 0 Å². The maximum absolute atomic E-state index is 13.0. The minimum Gasteiger partial charge on any atom is -0.449 e. The van der Waals surface area contributed by atoms with Crippen LogP contribution in [0.1, 0.15) is 48.3 Å². The number of carbonyl (C=O) groups excluding carboxylic acids is 2. The summed E-state index contributed by atoms with van der Waals surface area (Å²) in [7, 11) is 0. The molecule has 1 saturated heterocycles. The Balaban J connectivity index is 1.46. The van der Waals surface area contributed by atoms with E-state index in [4.69, 9.17) is 21.3 Å². The lowest BCUT2D eigenvalue weighted by Gasteiger charge is -2.34. The smallest absolute Gasteiger partial charge is 0.409 e. The number of ether oxygens (including phenoxy) is 1. The van der Waals surface area contributed by atoms with Crippen molar-refractivity contribution in [1.29, 1.82) is 0 Å². The SMILES string of the molecule is CC(C)COC(=O)N1CCN(C(=O)c2ccc3c(Cl)c4c(nc3c2)CCCC4)CC1. The average Bonchev–Trinajstić information content (AvgIpc) is 2.77. The van der Waals surface area contributed by atoms with Crippen LogP contribution in [0.5, 0.6) is 0 Å². The van der Waals surface area contributed by atoms with Crippen molar-refractivity contribution < 1.29 is 14.3 Å². The van der Waals surface area contributed by atoms with Crippen LogP contribution >= 0.6 is 11.6 Å². The first kappa shape index (κ1) is 20.9. The molecular weight excluding hydrogens is 402 g/mol. The first-order valence-electron chi connectivity index (χ1n) is 10.8. The molecule has 0 bridgehead atoms. The van der Waals surface area contributed by atoms with Gasteiger partial charge in [-0.25, -0.2) is 4.79 Å². The Morgan fingerprint density at radius 3 is 2.53 bits per heavy atom. The van der Waals surface area contributed by atoms with E-state index in [2.05, 4.69) is 0 Å². The minimum atomic E-state index is -0.301. The Labute approximate surface area is 182 Å². The summed E-state index contributed by atoms with van der Waals surface area (Å²) in [5, 5.41) is 1.69. The van der Waals surface area contributed by atoms with Crippen molar-refractivity contribution in [2.24, 2.45) is 5.92 Å². The fourth-order valence-corrected chi connectivity index (χ4v) is 4.47. The minimum absolute atomic E-state index is 0.0391. The summed E-state index contributed by atoms with van der Waals surface area (Å²) in [5.74, 6) is 0.264. The normalized spacial score (nSPS) is 16.7. The molecule has 2 heterocycles. The largest absolute Gasteiger partial charge is 0.449 e. The Morgan fingerprint density at radius 2 is 1.80 bits per heavy atom. The number of aromatic nitrogens is 1. The third kappa shape index (κ3) is 4.24. The molecule has 0 N–H and O–H groups in total. The summed E-state index contributed by atoms with van der Waals surface area (Å²) < 4.78 is 5.29. The molecule has 2 amide bonds. The zero-order valence-electron chi connectivity index (χ0n) is 17.6. The summed E-state index contributed by atoms with van der Waals surface area (Å²) in [4.78, 5) is 33.4. The van der Waals surface area contributed by atoms with Crippen molar-refractivity contribution in [1.82, 2.24) is 14.8 Å². The van der Waals surface area contributed by atoms with E-state index in [1.807, 2.05) is 32.0 Å². The lowest BCUT2D eigenvalue weighted by Crippen LogP contribution is -2.50. The number of amides is 2. The molecular formula is C23H28ClN3O3. The Kier molecular flexibility index (Phi) is 6.14. The lowest BCUT2D eigenvalue weighted by atomic mass is 9.94. The number of piperazine rings is 1. The molecule has 1 aliphatic carbocycles. The van der Waals surface area contributed by atoms with Gasteiger partial charge in [-0.15, -0.1) is 0 Å². The van der Waals surface area contributed by atoms with Gasteiger partial charge in [0.15, 0.2) is 0 Å². The summed E-state index contributed by atoms with van der Waals surface area (Å²) in [5.41, 5.74) is 3.62. The number of aryl methyl sites for hydroxylation is 1. The molecule has 0 spiro atoms. The summed E-state index contributed by atoms with van der Waals surface area (Å²) >= 11 is 6.65. The van der Waals surface area contributed by atoms with Crippen LogP contribution in [0.3, 0.4) is 0 Å². The van der Waals surface area contributed by atoms with Crippen molar-refractivity contribution in [3.05, 3.63) is 40.0 Å². The van der Waals surface area contributed by atoms with Gasteiger partial charge in [-0.2, -0.15) is 0 Å². The van der Waals surface area contributed by atoms with Gasteiger partial charge >= 0.3 is 6.09 Å². The second-order valence-electron chi connectivity index (χ2n) is 8.54. The monoisotopic (exact) mass is 429 g/mol. The third-order valence-corrected chi connectivity index (χ3v) is 6.24. The first-order chi connectivity index (χ1) is 14.4. The predicted octanol–water partition coefficient (Wildman–Crippen LogP) is 4.32. The van der Waals surface area contributed by atoms with Gasteiger partial charge in [0.05, 0.1) is 17.1 Å². The van der Waals surface area contributed by atoms with Gasteiger partial charge in [-0.05, 0) is 49.3 Å². The quantitative estimate of drug-likeness (QED) is 0.729. The average molecular weight is 430 g/mol. The number of nitrogens with zero attached hydrogens (tertiary/aromatic N) is 3. The van der Waals surface area contributed by atoms with E-state index in [1.165, 1.54) is 0 Å². The van der Waals surface area contributed by atoms with Crippen LogP contribution in [0.4, 0.5) is 4.79 Å². The first-order valence-corrected chi connectivity index (χ1v) is 11.1. The topological polar surface area (TPSA) is 62.7 Å². The highest BCUT2D eigenvalue weighted by molar-refractivity contribution is 6.36. The molecule has 0 unspecified atom stereocenters. The van der Waals surface area contributed by atoms with E-state index < -0.39 is 0 Å². The molecule has 2 aliphatic rings. The second-order valence-corrected chi connectivity index (χ2v) is 8.92. The standard InChI is InChI=1S/C23H28ClN3O3/c1-15(2)14-30-23(29)27-11-9-26(10-12-27)22(28)16-7-8-18-20(13-16)25-19-6-4-3-5-17(19)21(18)24/h7-8,13,15H,3-6,9-12,14H2,1-2H3. The fourth-order valence-electron chi connectivity index (χ4n) is 4.10. The number of carbonyl (C=O) groups is 2. The molecule has 7 heteroatoms. The number of pyridine rings is 1. The Hall–Kier alpha value is -2.34. The van der Waals surface area contributed by atoms with E-state index in [0.29, 0.717) is 44.3 Å². The molecule has 1 fully saturated rings. The van der Waals surface area contributed by atoms with Crippen LogP contribution in [0.25, 0.3) is 10.9 Å². The zero-order valence-corrected chi connectivity index (χ0v) is 18.4. The van der Waals surface area contributed by atoms with Gasteiger partial charge in [0.1, 0.15) is 0 Å². The zero-order chi connectivity index (χ0) is 21.3. The fraction of sp³-hybridized carbons (Fsp3) is 0.522. The van der Waals surface area contributed by atoms with E-state index in [0.717, 1.165) is 52.9 Å². The van der Waals surface area contributed by atoms with E-state index in [1.54, 1.807) is 9.80 Å². The molecule has 0 saturated carbocycles. The number of fused-ring (bicyclic) bond motifs is 2. The highest BCUT2D eigenvalue weighted by Crippen LogP contribution is 2.33. The lowest BCUT2D eigenvalue weighted by molar-refractivity contribution is 0.0535. The molecule has 1 aromatic heterocycles. The maximum atomic E-state index is 13.0. The van der Waals surface area contributed by atoms with Gasteiger partial charge < -0.3 is 14.5 Å². The van der Waals surface area contributed by atoms with Crippen molar-refractivity contribution in [3.63, 3.8) is 0 Å². The molecule has 0 radical (unpaired) electrons. The van der Waals surface area contributed by atoms with E-state index in [9.17, 15) is 9.59 Å². The molecule has 2 aromatic rings. The van der Waals surface area contributed by atoms with Gasteiger partial charge in [0.25, 0.3) is 5.91 Å². The number of hydrogen-bond donors (Lipinski definition) is 0. The van der Waals surface area contributed by atoms with Crippen LogP contribution < -0.4 is 0 Å². The molecule has 160 valence electrons. The van der Waals surface area contributed by atoms with Crippen LogP contribution in [-0.4, -0.2) is 59.6 Å². The van der Waals surface area contributed by atoms with Crippen molar-refractivity contribution in [2.75, 3.05) is 32.8 Å². The molecule has 6 nitrogen and oxygen atoms in total. The van der Waals surface area contributed by atoms with Crippen molar-refractivity contribution in [3.8, 4) is 0 Å². The Bertz CT molecular complexity index is 968. The Morgan fingerprint density at radius 1 is 1.10 bits per heavy atom. The predicted molar refractivity (Wildman–Crippen MR) is 117 cm³/mol. The molecule has 4 rings (SSSR count). The highest BCUT2D eigenvalue weighted by Gasteiger charge is 2.26. The highest BCUT2D eigenvalue weighted by atomic mass is 35.5. The van der Waals surface area contributed by atoms with Gasteiger partial charge in [0.2, 0.25) is 0 Å². The summed E-state index contributed by atoms with van der Waals surface area (Å²) in [6.07, 6.45) is 3.89. The van der Waals surface area contributed by atoms with Crippen LogP contribution in [-0.2, 0) is 17.6 Å². The second kappa shape index (κ2) is 8.80. The van der Waals surface area contributed by atoms with Gasteiger partial charge in [-0.1, -0.05) is 31.5 Å². The maximum Gasteiger partial charge on any atom is 0.409 e. The third-order valence-electron chi connectivity index (χ3n) is 5.81. The summed E-state index contributed by atoms with van der Waals surface area (Å²) in [6, 6.07) is 5.59.